The number of nitrogens with zero attached hydrogens (tertiary/aromatic N) is 3. The topological polar surface area (TPSA) is 80.3 Å². The molecule has 0 aliphatic heterocycles. The van der Waals surface area contributed by atoms with Gasteiger partial charge in [-0.3, -0.25) is 15.1 Å². The molecule has 1 aromatic heterocycles. The summed E-state index contributed by atoms with van der Waals surface area (Å²) in [4.78, 5) is 4.36. The molecule has 0 amide bonds. The average molecular weight is 258 g/mol. The van der Waals surface area contributed by atoms with Gasteiger partial charge >= 0.3 is 0 Å². The van der Waals surface area contributed by atoms with E-state index in [1.807, 2.05) is 49.6 Å². The van der Waals surface area contributed by atoms with Crippen molar-refractivity contribution in [1.82, 2.24) is 15.2 Å². The van der Waals surface area contributed by atoms with E-state index in [4.69, 9.17) is 5.84 Å². The van der Waals surface area contributed by atoms with Crippen molar-refractivity contribution in [1.29, 1.82) is 0 Å². The molecule has 0 atom stereocenters. The fourth-order valence-corrected chi connectivity index (χ4v) is 1.66. The number of aliphatic imine (C=N–C) groups is 1. The summed E-state index contributed by atoms with van der Waals surface area (Å²) in [6.07, 6.45) is 2.70. The number of hydrazine groups is 1. The van der Waals surface area contributed by atoms with Crippen LogP contribution in [-0.2, 0) is 13.5 Å². The lowest BCUT2D eigenvalue weighted by Gasteiger charge is -2.08. The maximum atomic E-state index is 5.44. The van der Waals surface area contributed by atoms with Gasteiger partial charge in [-0.15, -0.1) is 0 Å². The van der Waals surface area contributed by atoms with E-state index < -0.39 is 0 Å². The summed E-state index contributed by atoms with van der Waals surface area (Å²) in [6.45, 7) is 0.621. The van der Waals surface area contributed by atoms with Crippen molar-refractivity contribution in [2.45, 2.75) is 6.42 Å². The third kappa shape index (κ3) is 4.11. The zero-order valence-electron chi connectivity index (χ0n) is 10.9. The van der Waals surface area contributed by atoms with Crippen molar-refractivity contribution in [3.05, 3.63) is 48.3 Å². The van der Waals surface area contributed by atoms with E-state index in [-0.39, 0.29) is 0 Å². The average Bonchev–Trinajstić information content (AvgIpc) is 2.84. The molecule has 1 aromatic carbocycles. The number of aryl methyl sites for hydroxylation is 1. The van der Waals surface area contributed by atoms with E-state index in [9.17, 15) is 0 Å². The van der Waals surface area contributed by atoms with Crippen LogP contribution in [0.5, 0.6) is 0 Å². The molecule has 2 aromatic rings. The molecule has 0 saturated heterocycles. The van der Waals surface area contributed by atoms with Gasteiger partial charge in [0.15, 0.2) is 0 Å². The molecule has 0 radical (unpaired) electrons. The Balaban J connectivity index is 1.88. The minimum atomic E-state index is 0.544. The molecule has 100 valence electrons. The third-order valence-corrected chi connectivity index (χ3v) is 2.58. The lowest BCUT2D eigenvalue weighted by atomic mass is 10.3. The molecule has 0 unspecified atom stereocenters. The maximum Gasteiger partial charge on any atom is 0.210 e. The van der Waals surface area contributed by atoms with E-state index in [2.05, 4.69) is 20.8 Å². The first-order chi connectivity index (χ1) is 9.28. The lowest BCUT2D eigenvalue weighted by Crippen LogP contribution is -2.36. The van der Waals surface area contributed by atoms with Crippen molar-refractivity contribution < 1.29 is 0 Å². The van der Waals surface area contributed by atoms with E-state index >= 15 is 0 Å². The number of anilines is 1. The molecule has 2 rings (SSSR count). The van der Waals surface area contributed by atoms with Gasteiger partial charge in [-0.1, -0.05) is 18.2 Å². The quantitative estimate of drug-likeness (QED) is 0.329. The van der Waals surface area contributed by atoms with E-state index in [0.29, 0.717) is 12.5 Å². The highest BCUT2D eigenvalue weighted by atomic mass is 15.3. The Morgan fingerprint density at radius 2 is 2.11 bits per heavy atom. The zero-order valence-corrected chi connectivity index (χ0v) is 10.9. The van der Waals surface area contributed by atoms with Gasteiger partial charge in [-0.05, 0) is 18.2 Å². The number of hydrogen-bond acceptors (Lipinski definition) is 3. The third-order valence-electron chi connectivity index (χ3n) is 2.58. The summed E-state index contributed by atoms with van der Waals surface area (Å²) in [7, 11) is 1.90. The van der Waals surface area contributed by atoms with Crippen LogP contribution < -0.4 is 16.6 Å². The number of rotatable bonds is 4. The molecule has 0 bridgehead atoms. The Bertz CT molecular complexity index is 531. The van der Waals surface area contributed by atoms with Crippen LogP contribution >= 0.6 is 0 Å². The molecule has 1 heterocycles. The predicted octanol–water partition coefficient (Wildman–Crippen LogP) is 0.894. The Morgan fingerprint density at radius 3 is 2.74 bits per heavy atom. The number of aromatic nitrogens is 2. The van der Waals surface area contributed by atoms with Crippen molar-refractivity contribution >= 4 is 11.6 Å². The fourth-order valence-electron chi connectivity index (χ4n) is 1.66. The van der Waals surface area contributed by atoms with Gasteiger partial charge in [0.1, 0.15) is 0 Å². The van der Waals surface area contributed by atoms with Crippen LogP contribution in [0.3, 0.4) is 0 Å². The maximum absolute atomic E-state index is 5.44. The summed E-state index contributed by atoms with van der Waals surface area (Å²) in [5.41, 5.74) is 4.51. The summed E-state index contributed by atoms with van der Waals surface area (Å²) in [6, 6.07) is 11.7. The number of nitrogens with one attached hydrogen (secondary N) is 2. The second-order valence-electron chi connectivity index (χ2n) is 4.10. The normalized spacial score (nSPS) is 11.4. The second-order valence-corrected chi connectivity index (χ2v) is 4.10. The van der Waals surface area contributed by atoms with Crippen LogP contribution in [-0.4, -0.2) is 22.3 Å². The second kappa shape index (κ2) is 6.55. The highest BCUT2D eigenvalue weighted by Crippen LogP contribution is 2.04. The summed E-state index contributed by atoms with van der Waals surface area (Å²) in [5.74, 6) is 5.98. The molecular formula is C13H18N6. The number of hydrogen-bond donors (Lipinski definition) is 3. The van der Waals surface area contributed by atoms with Crippen LogP contribution in [0.1, 0.15) is 5.69 Å². The van der Waals surface area contributed by atoms with E-state index in [0.717, 1.165) is 17.8 Å². The van der Waals surface area contributed by atoms with Crippen LogP contribution in [0.2, 0.25) is 0 Å². The van der Waals surface area contributed by atoms with Crippen molar-refractivity contribution in [3.63, 3.8) is 0 Å². The molecule has 0 aliphatic carbocycles. The first kappa shape index (κ1) is 13.1. The predicted molar refractivity (Wildman–Crippen MR) is 76.6 cm³/mol. The molecule has 6 nitrogen and oxygen atoms in total. The highest BCUT2D eigenvalue weighted by molar-refractivity contribution is 5.93. The Hall–Kier alpha value is -2.34. The van der Waals surface area contributed by atoms with Crippen LogP contribution in [0, 0.1) is 0 Å². The van der Waals surface area contributed by atoms with Gasteiger partial charge < -0.3 is 5.32 Å². The molecule has 0 spiro atoms. The SMILES string of the molecule is Cn1ccc(CCN=C(NN)Nc2ccccc2)n1. The Kier molecular flexibility index (Phi) is 4.52. The lowest BCUT2D eigenvalue weighted by molar-refractivity contribution is 0.738. The molecular weight excluding hydrogens is 240 g/mol. The van der Waals surface area contributed by atoms with Gasteiger partial charge in [-0.2, -0.15) is 5.10 Å². The first-order valence-corrected chi connectivity index (χ1v) is 6.09. The number of benzene rings is 1. The number of guanidine groups is 1. The van der Waals surface area contributed by atoms with E-state index in [1.165, 1.54) is 0 Å². The molecule has 0 fully saturated rings. The Morgan fingerprint density at radius 1 is 1.32 bits per heavy atom. The molecule has 0 saturated carbocycles. The smallest absolute Gasteiger partial charge is 0.210 e. The van der Waals surface area contributed by atoms with Crippen LogP contribution in [0.4, 0.5) is 5.69 Å². The minimum Gasteiger partial charge on any atom is -0.325 e. The highest BCUT2D eigenvalue weighted by Gasteiger charge is 1.99. The van der Waals surface area contributed by atoms with Crippen molar-refractivity contribution in [3.8, 4) is 0 Å². The van der Waals surface area contributed by atoms with Crippen LogP contribution in [0.15, 0.2) is 47.6 Å². The molecule has 0 aliphatic rings. The fraction of sp³-hybridized carbons (Fsp3) is 0.231. The summed E-state index contributed by atoms with van der Waals surface area (Å²) in [5, 5.41) is 7.40. The van der Waals surface area contributed by atoms with E-state index in [1.54, 1.807) is 4.68 Å². The first-order valence-electron chi connectivity index (χ1n) is 6.09. The van der Waals surface area contributed by atoms with Crippen LogP contribution in [0.25, 0.3) is 0 Å². The molecule has 4 N–H and O–H groups in total. The Labute approximate surface area is 112 Å². The summed E-state index contributed by atoms with van der Waals surface area (Å²) < 4.78 is 1.78. The van der Waals surface area contributed by atoms with Gasteiger partial charge in [0.05, 0.1) is 5.69 Å². The zero-order chi connectivity index (χ0) is 13.5. The number of nitrogens with two attached hydrogens (primary N) is 1. The van der Waals surface area contributed by atoms with Gasteiger partial charge in [0.2, 0.25) is 5.96 Å². The largest absolute Gasteiger partial charge is 0.325 e. The van der Waals surface area contributed by atoms with Crippen molar-refractivity contribution in [2.24, 2.45) is 17.9 Å². The standard InChI is InChI=1S/C13H18N6/c1-19-10-8-12(18-19)7-9-15-13(17-14)16-11-5-3-2-4-6-11/h2-6,8,10H,7,9,14H2,1H3,(H2,15,16,17). The van der Waals surface area contributed by atoms with Gasteiger partial charge in [-0.25, -0.2) is 5.84 Å². The number of para-hydroxylation sites is 1. The molecule has 19 heavy (non-hydrogen) atoms. The van der Waals surface area contributed by atoms with Gasteiger partial charge in [0.25, 0.3) is 0 Å². The van der Waals surface area contributed by atoms with Gasteiger partial charge in [0, 0.05) is 31.9 Å². The monoisotopic (exact) mass is 258 g/mol. The summed E-state index contributed by atoms with van der Waals surface area (Å²) >= 11 is 0. The molecule has 6 heteroatoms. The van der Waals surface area contributed by atoms with Crippen molar-refractivity contribution in [2.75, 3.05) is 11.9 Å². The minimum absolute atomic E-state index is 0.544.